The number of ether oxygens (including phenoxy) is 1. The predicted octanol–water partition coefficient (Wildman–Crippen LogP) is 2.28. The van der Waals surface area contributed by atoms with E-state index in [2.05, 4.69) is 16.3 Å². The molecular weight excluding hydrogens is 381 g/mol. The van der Waals surface area contributed by atoms with Crippen LogP contribution in [0.4, 0.5) is 5.69 Å². The molecule has 1 amide bonds. The summed E-state index contributed by atoms with van der Waals surface area (Å²) in [5.41, 5.74) is 1.12. The third kappa shape index (κ3) is 5.84. The summed E-state index contributed by atoms with van der Waals surface area (Å²) in [4.78, 5) is 16.8. The lowest BCUT2D eigenvalue weighted by Crippen LogP contribution is -2.50. The highest BCUT2D eigenvalue weighted by molar-refractivity contribution is 7.99. The minimum Gasteiger partial charge on any atom is -0.495 e. The molecule has 1 N–H and O–H groups in total. The number of hydrogen-bond acceptors (Lipinski definition) is 5. The fourth-order valence-electron chi connectivity index (χ4n) is 3.18. The molecule has 1 atom stereocenters. The van der Waals surface area contributed by atoms with Gasteiger partial charge in [-0.05, 0) is 12.1 Å². The van der Waals surface area contributed by atoms with Gasteiger partial charge in [0.05, 0.1) is 12.8 Å². The van der Waals surface area contributed by atoms with Crippen LogP contribution in [-0.2, 0) is 4.79 Å². The summed E-state index contributed by atoms with van der Waals surface area (Å²) in [5, 5.41) is 3.44. The molecule has 8 heteroatoms. The van der Waals surface area contributed by atoms with Crippen molar-refractivity contribution < 1.29 is 9.53 Å². The van der Waals surface area contributed by atoms with Gasteiger partial charge in [0.2, 0.25) is 5.91 Å². The topological polar surface area (TPSA) is 44.8 Å². The number of piperazine rings is 1. The van der Waals surface area contributed by atoms with Gasteiger partial charge in [-0.25, -0.2) is 0 Å². The second-order valence-corrected chi connectivity index (χ2v) is 7.12. The van der Waals surface area contributed by atoms with Crippen LogP contribution in [0.3, 0.4) is 0 Å². The van der Waals surface area contributed by atoms with E-state index in [0.717, 1.165) is 55.7 Å². The van der Waals surface area contributed by atoms with Crippen LogP contribution in [0.2, 0.25) is 0 Å². The van der Waals surface area contributed by atoms with Gasteiger partial charge in [-0.1, -0.05) is 12.1 Å². The summed E-state index contributed by atoms with van der Waals surface area (Å²) in [6.07, 6.45) is 0.627. The molecule has 2 aliphatic heterocycles. The quantitative estimate of drug-likeness (QED) is 0.829. The number of halogens is 2. The SMILES string of the molecule is COc1ccccc1N1CCN(C(=O)CC2CSCCN2)CC1.Cl.Cl. The first-order valence-electron chi connectivity index (χ1n) is 8.25. The standard InChI is InChI=1S/C17H25N3O2S.2ClH/c1-22-16-5-3-2-4-15(16)19-7-9-20(10-8-19)17(21)12-14-13-23-11-6-18-14;;/h2-5,14,18H,6-13H2,1H3;2*1H. The van der Waals surface area contributed by atoms with Crippen molar-refractivity contribution >= 4 is 48.2 Å². The highest BCUT2D eigenvalue weighted by atomic mass is 35.5. The molecule has 0 aromatic heterocycles. The van der Waals surface area contributed by atoms with E-state index in [4.69, 9.17) is 4.74 Å². The molecule has 0 saturated carbocycles. The summed E-state index contributed by atoms with van der Waals surface area (Å²) in [7, 11) is 1.70. The first-order chi connectivity index (χ1) is 11.3. The predicted molar refractivity (Wildman–Crippen MR) is 110 cm³/mol. The molecule has 25 heavy (non-hydrogen) atoms. The maximum atomic E-state index is 12.5. The smallest absolute Gasteiger partial charge is 0.224 e. The summed E-state index contributed by atoms with van der Waals surface area (Å²) >= 11 is 1.94. The fraction of sp³-hybridized carbons (Fsp3) is 0.588. The van der Waals surface area contributed by atoms with Crippen molar-refractivity contribution in [3.63, 3.8) is 0 Å². The average Bonchev–Trinajstić information content (AvgIpc) is 2.62. The van der Waals surface area contributed by atoms with E-state index < -0.39 is 0 Å². The number of para-hydroxylation sites is 2. The molecule has 0 aliphatic carbocycles. The summed E-state index contributed by atoms with van der Waals surface area (Å²) in [6.45, 7) is 4.32. The number of methoxy groups -OCH3 is 1. The molecule has 1 aromatic carbocycles. The monoisotopic (exact) mass is 407 g/mol. The number of nitrogens with one attached hydrogen (secondary N) is 1. The zero-order valence-electron chi connectivity index (χ0n) is 14.5. The lowest BCUT2D eigenvalue weighted by molar-refractivity contribution is -0.131. The number of anilines is 1. The van der Waals surface area contributed by atoms with Crippen molar-refractivity contribution in [2.24, 2.45) is 0 Å². The van der Waals surface area contributed by atoms with Crippen LogP contribution in [0, 0.1) is 0 Å². The first-order valence-corrected chi connectivity index (χ1v) is 9.40. The number of amides is 1. The summed E-state index contributed by atoms with van der Waals surface area (Å²) < 4.78 is 5.44. The molecule has 0 spiro atoms. The molecule has 5 nitrogen and oxygen atoms in total. The summed E-state index contributed by atoms with van der Waals surface area (Å²) in [5.74, 6) is 3.38. The van der Waals surface area contributed by atoms with E-state index in [9.17, 15) is 4.79 Å². The van der Waals surface area contributed by atoms with E-state index in [-0.39, 0.29) is 30.7 Å². The van der Waals surface area contributed by atoms with Gasteiger partial charge in [-0.3, -0.25) is 4.79 Å². The van der Waals surface area contributed by atoms with E-state index in [0.29, 0.717) is 12.5 Å². The number of hydrogen-bond donors (Lipinski definition) is 1. The molecular formula is C17H27Cl2N3O2S. The van der Waals surface area contributed by atoms with Crippen molar-refractivity contribution in [2.75, 3.05) is 56.2 Å². The van der Waals surface area contributed by atoms with Gasteiger partial charge in [-0.15, -0.1) is 24.8 Å². The van der Waals surface area contributed by atoms with Crippen LogP contribution in [0.1, 0.15) is 6.42 Å². The van der Waals surface area contributed by atoms with Crippen LogP contribution in [0.25, 0.3) is 0 Å². The highest BCUT2D eigenvalue weighted by Crippen LogP contribution is 2.28. The Morgan fingerprint density at radius 1 is 1.24 bits per heavy atom. The van der Waals surface area contributed by atoms with E-state index >= 15 is 0 Å². The summed E-state index contributed by atoms with van der Waals surface area (Å²) in [6, 6.07) is 8.42. The molecule has 0 bridgehead atoms. The largest absolute Gasteiger partial charge is 0.495 e. The van der Waals surface area contributed by atoms with Crippen molar-refractivity contribution in [1.29, 1.82) is 0 Å². The van der Waals surface area contributed by atoms with Crippen LogP contribution < -0.4 is 15.0 Å². The second-order valence-electron chi connectivity index (χ2n) is 5.97. The minimum atomic E-state index is 0. The highest BCUT2D eigenvalue weighted by Gasteiger charge is 2.25. The molecule has 0 radical (unpaired) electrons. The molecule has 142 valence electrons. The molecule has 2 aliphatic rings. The lowest BCUT2D eigenvalue weighted by atomic mass is 10.1. The lowest BCUT2D eigenvalue weighted by Gasteiger charge is -2.37. The van der Waals surface area contributed by atoms with Gasteiger partial charge in [0.1, 0.15) is 5.75 Å². The number of nitrogens with zero attached hydrogens (tertiary/aromatic N) is 2. The Balaban J connectivity index is 0.00000156. The Hall–Kier alpha value is -0.820. The number of thioether (sulfide) groups is 1. The van der Waals surface area contributed by atoms with E-state index in [1.807, 2.05) is 34.9 Å². The van der Waals surface area contributed by atoms with Gasteiger partial charge in [-0.2, -0.15) is 11.8 Å². The first kappa shape index (κ1) is 22.2. The number of benzene rings is 1. The molecule has 2 heterocycles. The average molecular weight is 408 g/mol. The Morgan fingerprint density at radius 3 is 2.60 bits per heavy atom. The number of carbonyl (C=O) groups excluding carboxylic acids is 1. The van der Waals surface area contributed by atoms with Gasteiger partial charge >= 0.3 is 0 Å². The fourth-order valence-corrected chi connectivity index (χ4v) is 4.13. The Bertz CT molecular complexity index is 536. The Morgan fingerprint density at radius 2 is 1.96 bits per heavy atom. The van der Waals surface area contributed by atoms with E-state index in [1.54, 1.807) is 7.11 Å². The van der Waals surface area contributed by atoms with Gasteiger partial charge in [0.15, 0.2) is 0 Å². The molecule has 1 unspecified atom stereocenters. The third-order valence-corrected chi connectivity index (χ3v) is 5.61. The van der Waals surface area contributed by atoms with Crippen LogP contribution in [0.5, 0.6) is 5.75 Å². The van der Waals surface area contributed by atoms with Gasteiger partial charge < -0.3 is 19.9 Å². The van der Waals surface area contributed by atoms with Crippen LogP contribution >= 0.6 is 36.6 Å². The normalized spacial score (nSPS) is 20.3. The molecule has 2 saturated heterocycles. The third-order valence-electron chi connectivity index (χ3n) is 4.48. The number of rotatable bonds is 4. The van der Waals surface area contributed by atoms with Crippen molar-refractivity contribution in [3.8, 4) is 5.75 Å². The Kier molecular flexibility index (Phi) is 9.79. The van der Waals surface area contributed by atoms with Crippen molar-refractivity contribution in [1.82, 2.24) is 10.2 Å². The molecule has 3 rings (SSSR count). The van der Waals surface area contributed by atoms with Gasteiger partial charge in [0, 0.05) is 56.7 Å². The van der Waals surface area contributed by atoms with Gasteiger partial charge in [0.25, 0.3) is 0 Å². The number of carbonyl (C=O) groups is 1. The van der Waals surface area contributed by atoms with Crippen LogP contribution in [0.15, 0.2) is 24.3 Å². The zero-order chi connectivity index (χ0) is 16.1. The zero-order valence-corrected chi connectivity index (χ0v) is 16.9. The van der Waals surface area contributed by atoms with Crippen LogP contribution in [-0.4, -0.2) is 68.2 Å². The van der Waals surface area contributed by atoms with Crippen molar-refractivity contribution in [3.05, 3.63) is 24.3 Å². The second kappa shape index (κ2) is 11.0. The Labute approximate surface area is 166 Å². The molecule has 2 fully saturated rings. The minimum absolute atomic E-state index is 0. The maximum absolute atomic E-state index is 12.5. The van der Waals surface area contributed by atoms with E-state index in [1.165, 1.54) is 0 Å². The van der Waals surface area contributed by atoms with Crippen molar-refractivity contribution in [2.45, 2.75) is 12.5 Å². The molecule has 1 aromatic rings. The maximum Gasteiger partial charge on any atom is 0.224 e.